The Morgan fingerprint density at radius 3 is 1.31 bits per heavy atom. The van der Waals surface area contributed by atoms with Gasteiger partial charge in [-0.1, -0.05) is 0 Å². The summed E-state index contributed by atoms with van der Waals surface area (Å²) in [5.41, 5.74) is 0. The fraction of sp³-hybridized carbons (Fsp3) is 0.944. The lowest BCUT2D eigenvalue weighted by Gasteiger charge is -2.50. The van der Waals surface area contributed by atoms with E-state index in [1.54, 1.807) is 0 Å². The third kappa shape index (κ3) is 9.87. The van der Waals surface area contributed by atoms with Crippen molar-refractivity contribution < 1.29 is 32.3 Å². The van der Waals surface area contributed by atoms with E-state index in [9.17, 15) is 9.90 Å². The number of ether oxygens (including phenoxy) is 1. The lowest BCUT2D eigenvalue weighted by Crippen LogP contribution is -2.67. The SMILES string of the molecule is C[Si](C)(C)O[C@H]1O[C@H](C(=O)O)[C@@H](O[Si](C)(C)C)[C@H](O[Si](C)(C)C)[C@@H]1O[Si](C)(C)C. The van der Waals surface area contributed by atoms with Crippen molar-refractivity contribution in [2.24, 2.45) is 0 Å². The molecule has 0 saturated carbocycles. The Morgan fingerprint density at radius 1 is 0.621 bits per heavy atom. The number of carbonyl (C=O) groups is 1. The molecule has 1 fully saturated rings. The Balaban J connectivity index is 3.50. The minimum Gasteiger partial charge on any atom is -0.479 e. The van der Waals surface area contributed by atoms with E-state index >= 15 is 0 Å². The average Bonchev–Trinajstić information content (AvgIpc) is 2.39. The molecular formula is C18H42O7Si4. The van der Waals surface area contributed by atoms with E-state index in [0.717, 1.165) is 0 Å². The quantitative estimate of drug-likeness (QED) is 0.490. The van der Waals surface area contributed by atoms with Crippen LogP contribution in [0.4, 0.5) is 0 Å². The van der Waals surface area contributed by atoms with Gasteiger partial charge in [-0.3, -0.25) is 0 Å². The first-order valence-electron chi connectivity index (χ1n) is 10.3. The number of carboxylic acids is 1. The topological polar surface area (TPSA) is 83.5 Å². The Labute approximate surface area is 180 Å². The molecule has 0 aliphatic carbocycles. The number of hydrogen-bond acceptors (Lipinski definition) is 6. The summed E-state index contributed by atoms with van der Waals surface area (Å²) in [6.07, 6.45) is -3.79. The van der Waals surface area contributed by atoms with Crippen LogP contribution in [0.2, 0.25) is 78.6 Å². The van der Waals surface area contributed by atoms with Crippen LogP contribution < -0.4 is 0 Å². The van der Waals surface area contributed by atoms with Crippen molar-refractivity contribution in [3.63, 3.8) is 0 Å². The van der Waals surface area contributed by atoms with Crippen LogP contribution in [0.1, 0.15) is 0 Å². The Morgan fingerprint density at radius 2 is 0.966 bits per heavy atom. The number of carboxylic acid groups (broad SMARTS) is 1. The molecule has 1 aliphatic rings. The van der Waals surface area contributed by atoms with E-state index in [2.05, 4.69) is 58.9 Å². The van der Waals surface area contributed by atoms with Gasteiger partial charge >= 0.3 is 5.97 Å². The zero-order valence-electron chi connectivity index (χ0n) is 20.3. The maximum Gasteiger partial charge on any atom is 0.335 e. The largest absolute Gasteiger partial charge is 0.479 e. The molecule has 1 N–H and O–H groups in total. The monoisotopic (exact) mass is 482 g/mol. The lowest BCUT2D eigenvalue weighted by atomic mass is 9.99. The van der Waals surface area contributed by atoms with Crippen LogP contribution in [0.15, 0.2) is 0 Å². The number of rotatable bonds is 9. The molecule has 0 radical (unpaired) electrons. The molecule has 0 aromatic carbocycles. The first-order chi connectivity index (χ1) is 12.7. The van der Waals surface area contributed by atoms with Gasteiger partial charge in [0.25, 0.3) is 0 Å². The zero-order valence-corrected chi connectivity index (χ0v) is 24.3. The number of hydrogen-bond donors (Lipinski definition) is 1. The standard InChI is InChI=1S/C18H42O7Si4/c1-26(2,3)22-13-14(23-27(4,5)6)16(24-28(7,8)9)18(25-29(10,11)12)21-15(13)17(19)20/h13-16,18H,1-12H3,(H,19,20)/t13-,14-,15-,16-,18+/m0/s1. The van der Waals surface area contributed by atoms with Crippen molar-refractivity contribution in [2.75, 3.05) is 0 Å². The summed E-state index contributed by atoms with van der Waals surface area (Å²) < 4.78 is 31.7. The van der Waals surface area contributed by atoms with Crippen LogP contribution in [0, 0.1) is 0 Å². The zero-order chi connectivity index (χ0) is 23.0. The van der Waals surface area contributed by atoms with E-state index in [1.807, 2.05) is 19.6 Å². The van der Waals surface area contributed by atoms with Gasteiger partial charge in [0.05, 0.1) is 0 Å². The molecule has 1 rings (SSSR count). The van der Waals surface area contributed by atoms with Gasteiger partial charge in [-0.15, -0.1) is 0 Å². The van der Waals surface area contributed by atoms with Crippen molar-refractivity contribution in [2.45, 2.75) is 109 Å². The molecule has 172 valence electrons. The maximum atomic E-state index is 12.2. The molecule has 0 spiro atoms. The summed E-state index contributed by atoms with van der Waals surface area (Å²) in [6.45, 7) is 24.8. The molecule has 1 heterocycles. The van der Waals surface area contributed by atoms with Crippen molar-refractivity contribution in [3.05, 3.63) is 0 Å². The summed E-state index contributed by atoms with van der Waals surface area (Å²) in [6, 6.07) is 0. The molecular weight excluding hydrogens is 441 g/mol. The smallest absolute Gasteiger partial charge is 0.335 e. The molecule has 11 heteroatoms. The van der Waals surface area contributed by atoms with Gasteiger partial charge < -0.3 is 27.5 Å². The molecule has 5 atom stereocenters. The van der Waals surface area contributed by atoms with E-state index in [0.29, 0.717) is 0 Å². The maximum absolute atomic E-state index is 12.2. The van der Waals surface area contributed by atoms with Crippen molar-refractivity contribution in [3.8, 4) is 0 Å². The molecule has 0 amide bonds. The van der Waals surface area contributed by atoms with Crippen LogP contribution in [-0.4, -0.2) is 75.1 Å². The second-order valence-corrected chi connectivity index (χ2v) is 29.4. The summed E-state index contributed by atoms with van der Waals surface area (Å²) in [4.78, 5) is 12.2. The first-order valence-corrected chi connectivity index (χ1v) is 23.9. The summed E-state index contributed by atoms with van der Waals surface area (Å²) in [5.74, 6) is -1.06. The molecule has 1 saturated heterocycles. The van der Waals surface area contributed by atoms with Crippen molar-refractivity contribution in [1.29, 1.82) is 0 Å². The minimum absolute atomic E-state index is 0.530. The Kier molecular flexibility index (Phi) is 8.74. The first kappa shape index (κ1) is 27.2. The normalized spacial score (nSPS) is 29.7. The second kappa shape index (κ2) is 9.33. The predicted molar refractivity (Wildman–Crippen MR) is 125 cm³/mol. The average molecular weight is 483 g/mol. The van der Waals surface area contributed by atoms with Crippen LogP contribution in [0.3, 0.4) is 0 Å². The highest BCUT2D eigenvalue weighted by atomic mass is 28.4. The summed E-state index contributed by atoms with van der Waals surface area (Å²) in [7, 11) is -8.20. The highest BCUT2D eigenvalue weighted by Crippen LogP contribution is 2.35. The van der Waals surface area contributed by atoms with Crippen LogP contribution in [-0.2, 0) is 27.2 Å². The van der Waals surface area contributed by atoms with Gasteiger partial charge in [0.1, 0.15) is 18.3 Å². The van der Waals surface area contributed by atoms with E-state index in [-0.39, 0.29) is 0 Å². The van der Waals surface area contributed by atoms with E-state index in [4.69, 9.17) is 22.4 Å². The molecule has 7 nitrogen and oxygen atoms in total. The Hall–Kier alpha value is 0.138. The predicted octanol–water partition coefficient (Wildman–Crippen LogP) is 4.31. The third-order valence-corrected chi connectivity index (χ3v) is 7.55. The van der Waals surface area contributed by atoms with Crippen molar-refractivity contribution in [1.82, 2.24) is 0 Å². The molecule has 0 bridgehead atoms. The van der Waals surface area contributed by atoms with Gasteiger partial charge in [0, 0.05) is 0 Å². The molecule has 0 unspecified atom stereocenters. The van der Waals surface area contributed by atoms with Gasteiger partial charge in [0.15, 0.2) is 45.7 Å². The molecule has 0 aromatic heterocycles. The summed E-state index contributed by atoms with van der Waals surface area (Å²) >= 11 is 0. The fourth-order valence-corrected chi connectivity index (χ4v) is 7.17. The highest BCUT2D eigenvalue weighted by molar-refractivity contribution is 6.71. The van der Waals surface area contributed by atoms with Crippen LogP contribution >= 0.6 is 0 Å². The minimum atomic E-state index is -2.09. The molecule has 0 aromatic rings. The van der Waals surface area contributed by atoms with Gasteiger partial charge in [-0.05, 0) is 78.6 Å². The van der Waals surface area contributed by atoms with Crippen LogP contribution in [0.25, 0.3) is 0 Å². The van der Waals surface area contributed by atoms with Crippen LogP contribution in [0.5, 0.6) is 0 Å². The van der Waals surface area contributed by atoms with Gasteiger partial charge in [-0.2, -0.15) is 0 Å². The molecule has 29 heavy (non-hydrogen) atoms. The summed E-state index contributed by atoms with van der Waals surface area (Å²) in [5, 5.41) is 9.95. The highest BCUT2D eigenvalue weighted by Gasteiger charge is 2.54. The van der Waals surface area contributed by atoms with Gasteiger partial charge in [-0.25, -0.2) is 4.79 Å². The molecule has 1 aliphatic heterocycles. The van der Waals surface area contributed by atoms with E-state index in [1.165, 1.54) is 0 Å². The lowest BCUT2D eigenvalue weighted by molar-refractivity contribution is -0.263. The third-order valence-electron chi connectivity index (χ3n) is 3.68. The van der Waals surface area contributed by atoms with Gasteiger partial charge in [0.2, 0.25) is 0 Å². The fourth-order valence-electron chi connectivity index (χ4n) is 3.07. The Bertz CT molecular complexity index is 561. The van der Waals surface area contributed by atoms with Crippen molar-refractivity contribution >= 4 is 39.2 Å². The number of aliphatic carboxylic acids is 1. The van der Waals surface area contributed by atoms with E-state index < -0.39 is 69.9 Å². The second-order valence-electron chi connectivity index (χ2n) is 11.6.